The van der Waals surface area contributed by atoms with Crippen LogP contribution in [0.3, 0.4) is 0 Å². The van der Waals surface area contributed by atoms with Crippen LogP contribution in [0.4, 0.5) is 88.1 Å². The van der Waals surface area contributed by atoms with Gasteiger partial charge in [0.15, 0.2) is 0 Å². The van der Waals surface area contributed by atoms with Crippen molar-refractivity contribution in [1.29, 1.82) is 0 Å². The van der Waals surface area contributed by atoms with Gasteiger partial charge in [0.2, 0.25) is 0 Å². The molecule has 0 unspecified atom stereocenters. The van der Waals surface area contributed by atoms with Crippen LogP contribution in [0.5, 0.6) is 0 Å². The lowest BCUT2D eigenvalue weighted by Crippen LogP contribution is -3.00. The van der Waals surface area contributed by atoms with Crippen LogP contribution in [0.1, 0.15) is 0 Å². The van der Waals surface area contributed by atoms with E-state index in [1.54, 1.807) is 0 Å². The van der Waals surface area contributed by atoms with Gasteiger partial charge in [0.05, 0.1) is 4.83 Å². The molecule has 1 N–H and O–H groups in total. The van der Waals surface area contributed by atoms with Crippen molar-refractivity contribution in [2.75, 3.05) is 0 Å². The van der Waals surface area contributed by atoms with Gasteiger partial charge in [-0.15, -0.1) is 0 Å². The first-order chi connectivity index (χ1) is 13.7. The van der Waals surface area contributed by atoms with Crippen molar-refractivity contribution in [3.8, 4) is 0 Å². The summed E-state index contributed by atoms with van der Waals surface area (Å²) in [6.45, 7) is 0. The first-order valence-corrected chi connectivity index (χ1v) is 7.92. The monoisotopic (exact) mass is 696 g/mol. The summed E-state index contributed by atoms with van der Waals surface area (Å²) in [6.07, 6.45) is -7.99. The molecule has 0 aromatic carbocycles. The van der Waals surface area contributed by atoms with Crippen LogP contribution in [-0.4, -0.2) is 60.6 Å². The molecule has 0 bridgehead atoms. The molecule has 34 heavy (non-hydrogen) atoms. The third-order valence-electron chi connectivity index (χ3n) is 3.25. The van der Waals surface area contributed by atoms with Crippen LogP contribution in [0.15, 0.2) is 0 Å². The Balaban J connectivity index is 0. The molecule has 0 radical (unpaired) electrons. The fraction of sp³-hybridized carbons (Fsp3) is 1.00. The van der Waals surface area contributed by atoms with E-state index in [0.29, 0.717) is 0 Å². The van der Waals surface area contributed by atoms with E-state index < -0.39 is 67.1 Å². The van der Waals surface area contributed by atoms with Crippen molar-refractivity contribution < 1.29 is 126 Å². The molecule has 4 nitrogen and oxygen atoms in total. The van der Waals surface area contributed by atoms with Gasteiger partial charge in [-0.3, -0.25) is 0 Å². The zero-order valence-corrected chi connectivity index (χ0v) is 17.1. The van der Waals surface area contributed by atoms with Crippen molar-refractivity contribution in [3.63, 3.8) is 0 Å². The summed E-state index contributed by atoms with van der Waals surface area (Å²) in [7, 11) is -8.41. The van der Waals surface area contributed by atoms with E-state index in [0.717, 1.165) is 0 Å². The molecular weight excluding hydrogens is 695 g/mol. The number of nitrogens with zero attached hydrogens (tertiary/aromatic N) is 1. The van der Waals surface area contributed by atoms with E-state index in [1.807, 2.05) is 0 Å². The number of hydrogen-bond donors (Lipinski definition) is 1. The molecule has 0 spiro atoms. The average Bonchev–Trinajstić information content (AvgIpc) is 2.49. The maximum Gasteiger partial charge on any atom is 0.460 e. The predicted molar refractivity (Wildman–Crippen MR) is 56.3 cm³/mol. The summed E-state index contributed by atoms with van der Waals surface area (Å²) >= 11 is 0. The maximum atomic E-state index is 13.3. The van der Waals surface area contributed by atoms with Crippen LogP contribution in [0.2, 0.25) is 0 Å². The van der Waals surface area contributed by atoms with Crippen molar-refractivity contribution in [1.82, 2.24) is 4.83 Å². The van der Waals surface area contributed by atoms with Crippen LogP contribution >= 0.6 is 0 Å². The summed E-state index contributed by atoms with van der Waals surface area (Å²) < 4.78 is 274. The normalized spacial score (nSPS) is 16.4. The number of nitrogens with one attached hydrogen (secondary N) is 1. The molecule has 0 amide bonds. The molecule has 0 rings (SSSR count). The number of rotatable bonds is 9. The van der Waals surface area contributed by atoms with E-state index in [9.17, 15) is 96.5 Å². The van der Waals surface area contributed by atoms with Crippen LogP contribution in [0.25, 0.3) is 0 Å². The molecule has 0 heterocycles. The van der Waals surface area contributed by atoms with Crippen LogP contribution in [0, 0.1) is 0 Å². The van der Waals surface area contributed by atoms with Crippen molar-refractivity contribution in [2.24, 2.45) is 0 Å². The van der Waals surface area contributed by atoms with E-state index in [4.69, 9.17) is 0 Å². The highest BCUT2D eigenvalue weighted by atomic mass is 127. The third kappa shape index (κ3) is 4.77. The lowest BCUT2D eigenvalue weighted by atomic mass is 9.91. The average molecular weight is 696 g/mol. The van der Waals surface area contributed by atoms with Gasteiger partial charge in [-0.05, 0) is 0 Å². The second kappa shape index (κ2) is 8.65. The van der Waals surface area contributed by atoms with E-state index in [1.165, 1.54) is 0 Å². The Morgan fingerprint density at radius 2 is 0.706 bits per heavy atom. The van der Waals surface area contributed by atoms with Crippen LogP contribution in [-0.2, 0) is 10.0 Å². The van der Waals surface area contributed by atoms with Gasteiger partial charge in [0, 0.05) is 0 Å². The molecular formula is C8HF20IN2O2S. The summed E-state index contributed by atoms with van der Waals surface area (Å²) in [5.41, 5.74) is 0. The second-order valence-corrected chi connectivity index (χ2v) is 7.20. The minimum atomic E-state index is -9.12. The topological polar surface area (TPSA) is 46.2 Å². The summed E-state index contributed by atoms with van der Waals surface area (Å²) in [6, 6.07) is 0. The Hall–Kier alpha value is -0.800. The Morgan fingerprint density at radius 3 is 0.941 bits per heavy atom. The quantitative estimate of drug-likeness (QED) is 0.174. The molecule has 0 aromatic heterocycles. The highest BCUT2D eigenvalue weighted by Crippen LogP contribution is 2.64. The predicted octanol–water partition coefficient (Wildman–Crippen LogP) is 2.26. The number of sulfonamides is 1. The number of hydrogen-bond acceptors (Lipinski definition) is 2. The first kappa shape index (κ1) is 35.4. The highest BCUT2D eigenvalue weighted by molar-refractivity contribution is 7.90. The largest absolute Gasteiger partial charge is 1.00 e. The lowest BCUT2D eigenvalue weighted by Gasteiger charge is -2.42. The van der Waals surface area contributed by atoms with Gasteiger partial charge in [-0.25, -0.2) is 8.42 Å². The molecule has 0 saturated carbocycles. The Bertz CT molecular complexity index is 844. The van der Waals surface area contributed by atoms with Gasteiger partial charge < -0.3 is 24.0 Å². The van der Waals surface area contributed by atoms with E-state index in [2.05, 4.69) is 0 Å². The molecule has 0 aliphatic rings. The van der Waals surface area contributed by atoms with Gasteiger partial charge in [0.1, 0.15) is 13.4 Å². The number of alkyl halides is 17. The summed E-state index contributed by atoms with van der Waals surface area (Å²) in [5, 5.41) is -14.4. The van der Waals surface area contributed by atoms with Crippen molar-refractivity contribution in [2.45, 2.75) is 47.0 Å². The van der Waals surface area contributed by atoms with Gasteiger partial charge in [0.25, 0.3) is 0 Å². The zero-order chi connectivity index (χ0) is 27.7. The zero-order valence-electron chi connectivity index (χ0n) is 14.1. The SMILES string of the molecule is O=S(=O)(N[N+](F)(F)F)C(F)(F)C(F)(F)C(F)(F)C(F)(F)C(F)(F)C(F)(F)C(F)(F)C(F)(F)F.[I-]. The fourth-order valence-corrected chi connectivity index (χ4v) is 2.36. The minimum Gasteiger partial charge on any atom is -1.00 e. The minimum absolute atomic E-state index is 0. The Labute approximate surface area is 188 Å². The second-order valence-electron chi connectivity index (χ2n) is 5.50. The summed E-state index contributed by atoms with van der Waals surface area (Å²) in [4.78, 5) is -1.52. The highest BCUT2D eigenvalue weighted by Gasteiger charge is 2.96. The van der Waals surface area contributed by atoms with Gasteiger partial charge in [-0.2, -0.15) is 74.6 Å². The van der Waals surface area contributed by atoms with Gasteiger partial charge in [-0.1, -0.05) is 0 Å². The third-order valence-corrected chi connectivity index (χ3v) is 4.63. The molecule has 0 aliphatic heterocycles. The molecule has 208 valence electrons. The van der Waals surface area contributed by atoms with E-state index >= 15 is 0 Å². The number of halogens is 21. The fourth-order valence-electron chi connectivity index (χ4n) is 1.51. The molecule has 0 saturated heterocycles. The van der Waals surface area contributed by atoms with Crippen molar-refractivity contribution >= 4 is 10.0 Å². The standard InChI is InChI=1S/C8HF20N2O2S.HI/c9-1(10,3(13,14)5(17,18)7(21,22)23)2(11,12)4(15,16)6(19,20)8(24,25)33(31,32)29-30(26,27)28;/h29H;1H/q+1;/p-1. The first-order valence-electron chi connectivity index (χ1n) is 6.43. The van der Waals surface area contributed by atoms with Crippen LogP contribution < -0.4 is 28.8 Å². The molecule has 0 fully saturated rings. The molecule has 0 aromatic rings. The van der Waals surface area contributed by atoms with Gasteiger partial charge >= 0.3 is 62.2 Å². The molecule has 0 aliphatic carbocycles. The Morgan fingerprint density at radius 1 is 0.471 bits per heavy atom. The van der Waals surface area contributed by atoms with Crippen molar-refractivity contribution in [3.05, 3.63) is 0 Å². The van der Waals surface area contributed by atoms with E-state index in [-0.39, 0.29) is 24.0 Å². The smallest absolute Gasteiger partial charge is 0.460 e. The number of quaternary nitrogens is 1. The summed E-state index contributed by atoms with van der Waals surface area (Å²) in [5.74, 6) is -53.3. The maximum absolute atomic E-state index is 13.3. The Kier molecular flexibility index (Phi) is 9.00. The molecule has 0 atom stereocenters. The molecule has 26 heteroatoms. The lowest BCUT2D eigenvalue weighted by molar-refractivity contribution is -1.29.